The molecule has 1 unspecified atom stereocenters. The van der Waals surface area contributed by atoms with Crippen LogP contribution >= 0.6 is 9.39 Å². The number of hydrogen-bond acceptors (Lipinski definition) is 2. The zero-order chi connectivity index (χ0) is 11.4. The summed E-state index contributed by atoms with van der Waals surface area (Å²) in [6.07, 6.45) is 1.82. The van der Waals surface area contributed by atoms with Crippen molar-refractivity contribution in [3.63, 3.8) is 0 Å². The van der Waals surface area contributed by atoms with Crippen LogP contribution in [0.2, 0.25) is 0 Å². The topological polar surface area (TPSA) is 16.1 Å². The Balaban J connectivity index is 2.12. The fourth-order valence-corrected chi connectivity index (χ4v) is 1.91. The molecule has 82 valence electrons. The average molecular weight is 230 g/mol. The van der Waals surface area contributed by atoms with Crippen LogP contribution in [0.15, 0.2) is 48.7 Å². The molecule has 1 aromatic heterocycles. The molecule has 0 radical (unpaired) electrons. The summed E-state index contributed by atoms with van der Waals surface area (Å²) in [5.41, 5.74) is 3.53. The van der Waals surface area contributed by atoms with E-state index < -0.39 is 0 Å². The van der Waals surface area contributed by atoms with E-state index in [0.717, 1.165) is 12.2 Å². The predicted octanol–water partition coefficient (Wildman–Crippen LogP) is 3.19. The Morgan fingerprint density at radius 1 is 1.19 bits per heavy atom. The largest absolute Gasteiger partial charge is 0.350 e. The lowest BCUT2D eigenvalue weighted by molar-refractivity contribution is 0.984. The first-order valence-corrected chi connectivity index (χ1v) is 5.76. The maximum Gasteiger partial charge on any atom is 0.0634 e. The molecule has 2 nitrogen and oxygen atoms in total. The molecule has 3 heteroatoms. The van der Waals surface area contributed by atoms with E-state index in [1.54, 1.807) is 0 Å². The molecule has 2 rings (SSSR count). The summed E-state index contributed by atoms with van der Waals surface area (Å²) in [7, 11) is 2.74. The van der Waals surface area contributed by atoms with Crippen molar-refractivity contribution < 1.29 is 0 Å². The van der Waals surface area contributed by atoms with Crippen molar-refractivity contribution in [2.45, 2.75) is 13.5 Å². The third-order valence-corrected chi connectivity index (χ3v) is 2.87. The SMILES string of the molecule is Cc1cccc(N(P)Cc2ccccn2)c1. The summed E-state index contributed by atoms with van der Waals surface area (Å²) < 4.78 is 2.12. The van der Waals surface area contributed by atoms with E-state index in [9.17, 15) is 0 Å². The van der Waals surface area contributed by atoms with Crippen LogP contribution in [-0.4, -0.2) is 4.98 Å². The minimum absolute atomic E-state index is 0.801. The van der Waals surface area contributed by atoms with Crippen LogP contribution in [0.4, 0.5) is 5.69 Å². The average Bonchev–Trinajstić information content (AvgIpc) is 2.30. The monoisotopic (exact) mass is 230 g/mol. The molecule has 0 spiro atoms. The number of hydrogen-bond donors (Lipinski definition) is 0. The Morgan fingerprint density at radius 2 is 2.06 bits per heavy atom. The van der Waals surface area contributed by atoms with E-state index in [1.807, 2.05) is 24.4 Å². The summed E-state index contributed by atoms with van der Waals surface area (Å²) in [4.78, 5) is 4.31. The van der Waals surface area contributed by atoms with E-state index in [4.69, 9.17) is 0 Å². The van der Waals surface area contributed by atoms with Gasteiger partial charge in [-0.15, -0.1) is 0 Å². The summed E-state index contributed by atoms with van der Waals surface area (Å²) in [6, 6.07) is 14.4. The maximum atomic E-state index is 4.31. The molecular formula is C13H15N2P. The van der Waals surface area contributed by atoms with Gasteiger partial charge in [-0.2, -0.15) is 0 Å². The molecule has 0 bridgehead atoms. The predicted molar refractivity (Wildman–Crippen MR) is 71.3 cm³/mol. The van der Waals surface area contributed by atoms with Crippen LogP contribution in [0.5, 0.6) is 0 Å². The van der Waals surface area contributed by atoms with Crippen LogP contribution < -0.4 is 4.67 Å². The molecule has 1 aromatic carbocycles. The van der Waals surface area contributed by atoms with Crippen molar-refractivity contribution in [1.82, 2.24) is 4.98 Å². The molecule has 0 saturated heterocycles. The van der Waals surface area contributed by atoms with Crippen molar-refractivity contribution in [2.24, 2.45) is 0 Å². The van der Waals surface area contributed by atoms with Gasteiger partial charge in [0, 0.05) is 11.9 Å². The number of pyridine rings is 1. The number of anilines is 1. The lowest BCUT2D eigenvalue weighted by Crippen LogP contribution is -2.09. The second-order valence-electron chi connectivity index (χ2n) is 3.79. The lowest BCUT2D eigenvalue weighted by atomic mass is 10.2. The van der Waals surface area contributed by atoms with Crippen molar-refractivity contribution in [1.29, 1.82) is 0 Å². The molecule has 16 heavy (non-hydrogen) atoms. The standard InChI is InChI=1S/C13H15N2P/c1-11-5-4-7-13(9-11)15(16)10-12-6-2-3-8-14-12/h2-9H,10,16H2,1H3. The van der Waals surface area contributed by atoms with Gasteiger partial charge in [-0.3, -0.25) is 4.98 Å². The van der Waals surface area contributed by atoms with Crippen LogP contribution in [-0.2, 0) is 6.54 Å². The van der Waals surface area contributed by atoms with Gasteiger partial charge in [-0.05, 0) is 46.1 Å². The first-order chi connectivity index (χ1) is 7.75. The zero-order valence-corrected chi connectivity index (χ0v) is 10.5. The second-order valence-corrected chi connectivity index (χ2v) is 4.41. The van der Waals surface area contributed by atoms with Crippen LogP contribution in [0.1, 0.15) is 11.3 Å². The highest BCUT2D eigenvalue weighted by Crippen LogP contribution is 2.21. The molecule has 0 amide bonds. The van der Waals surface area contributed by atoms with E-state index in [1.165, 1.54) is 11.3 Å². The maximum absolute atomic E-state index is 4.31. The summed E-state index contributed by atoms with van der Waals surface area (Å²) in [5, 5.41) is 0. The minimum atomic E-state index is 0.801. The van der Waals surface area contributed by atoms with Crippen molar-refractivity contribution >= 4 is 15.1 Å². The van der Waals surface area contributed by atoms with E-state index >= 15 is 0 Å². The summed E-state index contributed by atoms with van der Waals surface area (Å²) in [5.74, 6) is 0. The first kappa shape index (κ1) is 11.1. The highest BCUT2D eigenvalue weighted by atomic mass is 31.0. The molecule has 0 aliphatic carbocycles. The van der Waals surface area contributed by atoms with Crippen molar-refractivity contribution in [3.8, 4) is 0 Å². The van der Waals surface area contributed by atoms with Gasteiger partial charge >= 0.3 is 0 Å². The minimum Gasteiger partial charge on any atom is -0.350 e. The van der Waals surface area contributed by atoms with Gasteiger partial charge < -0.3 is 4.67 Å². The smallest absolute Gasteiger partial charge is 0.0634 e. The van der Waals surface area contributed by atoms with Crippen LogP contribution in [0, 0.1) is 6.92 Å². The number of nitrogens with zero attached hydrogens (tertiary/aromatic N) is 2. The van der Waals surface area contributed by atoms with Crippen LogP contribution in [0.3, 0.4) is 0 Å². The van der Waals surface area contributed by atoms with Gasteiger partial charge in [0.15, 0.2) is 0 Å². The Labute approximate surface area is 98.6 Å². The molecule has 0 fully saturated rings. The second kappa shape index (κ2) is 5.09. The van der Waals surface area contributed by atoms with Gasteiger partial charge in [-0.25, -0.2) is 0 Å². The van der Waals surface area contributed by atoms with Gasteiger partial charge in [0.25, 0.3) is 0 Å². The molecule has 2 aromatic rings. The molecule has 0 saturated carbocycles. The van der Waals surface area contributed by atoms with Crippen molar-refractivity contribution in [2.75, 3.05) is 4.67 Å². The van der Waals surface area contributed by atoms with Gasteiger partial charge in [0.1, 0.15) is 0 Å². The van der Waals surface area contributed by atoms with Crippen molar-refractivity contribution in [3.05, 3.63) is 59.9 Å². The Bertz CT molecular complexity index is 456. The van der Waals surface area contributed by atoms with Crippen LogP contribution in [0.25, 0.3) is 0 Å². The molecule has 0 aliphatic heterocycles. The fourth-order valence-electron chi connectivity index (χ4n) is 1.56. The van der Waals surface area contributed by atoms with Gasteiger partial charge in [0.05, 0.1) is 12.2 Å². The first-order valence-electron chi connectivity index (χ1n) is 5.24. The Hall–Kier alpha value is -1.40. The third-order valence-electron chi connectivity index (χ3n) is 2.39. The Kier molecular flexibility index (Phi) is 3.53. The molecular weight excluding hydrogens is 215 g/mol. The molecule has 1 atom stereocenters. The number of aryl methyl sites for hydroxylation is 1. The summed E-state index contributed by atoms with van der Waals surface area (Å²) in [6.45, 7) is 2.90. The highest BCUT2D eigenvalue weighted by Gasteiger charge is 2.02. The third kappa shape index (κ3) is 2.80. The fraction of sp³-hybridized carbons (Fsp3) is 0.154. The quantitative estimate of drug-likeness (QED) is 0.753. The molecule has 1 heterocycles. The molecule has 0 N–H and O–H groups in total. The Morgan fingerprint density at radius 3 is 2.75 bits per heavy atom. The van der Waals surface area contributed by atoms with E-state index in [0.29, 0.717) is 0 Å². The molecule has 0 aliphatic rings. The van der Waals surface area contributed by atoms with Gasteiger partial charge in [-0.1, -0.05) is 18.2 Å². The summed E-state index contributed by atoms with van der Waals surface area (Å²) >= 11 is 0. The van der Waals surface area contributed by atoms with E-state index in [2.05, 4.69) is 50.2 Å². The lowest BCUT2D eigenvalue weighted by Gasteiger charge is -2.18. The normalized spacial score (nSPS) is 10.1. The zero-order valence-electron chi connectivity index (χ0n) is 9.30. The number of rotatable bonds is 3. The van der Waals surface area contributed by atoms with Gasteiger partial charge in [0.2, 0.25) is 0 Å². The van der Waals surface area contributed by atoms with E-state index in [-0.39, 0.29) is 0 Å². The number of benzene rings is 1. The highest BCUT2D eigenvalue weighted by molar-refractivity contribution is 7.19. The number of aromatic nitrogens is 1.